The van der Waals surface area contributed by atoms with Crippen molar-refractivity contribution < 1.29 is 73.0 Å². The molecule has 0 amide bonds. The molecule has 21 heteroatoms. The molecule has 1 aromatic carbocycles. The third-order valence-corrected chi connectivity index (χ3v) is 17.1. The van der Waals surface area contributed by atoms with Crippen LogP contribution in [0.5, 0.6) is 0 Å². The molecule has 0 saturated carbocycles. The van der Waals surface area contributed by atoms with Crippen LogP contribution in [0.4, 0.5) is 4.39 Å². The van der Waals surface area contributed by atoms with Crippen molar-refractivity contribution in [2.75, 3.05) is 60.4 Å². The van der Waals surface area contributed by atoms with Crippen LogP contribution in [-0.4, -0.2) is 212 Å². The van der Waals surface area contributed by atoms with Gasteiger partial charge in [0.15, 0.2) is 12.6 Å². The number of esters is 1. The number of aliphatic hydroxyl groups excluding tert-OH is 4. The zero-order valence-electron chi connectivity index (χ0n) is 46.2. The number of thioether (sulfide) groups is 1. The standard InChI is InChI=1S/C53H90FN5O14S/c1-15-41-53(10,66)46(62)34(6)58(12)28-30(2)25-51(8,65)48(32(4)44(33(5)49(64)71-41)72-42-26-52(9,68-14)47(63)35(7)70-42)73-50-43(61)39(24-31(3)69-50)57(11)21-20-37-29-59(56-55-37)40(27-54)45(67-13)36-16-18-38(19-17-36)74-23-22-60/h16-19,29-35,39-48,50,60-63,65-66H,15,20-28H2,1-14H3/t30-,31-,32+,33-,34-,35+,39+,40-,41-,42+,43-,44+,45-,46-,47+,48-,50+,51-,52-,53-/m1/s1. The molecule has 6 N–H and O–H groups in total. The van der Waals surface area contributed by atoms with Crippen molar-refractivity contribution >= 4 is 17.7 Å². The number of hydrogen-bond acceptors (Lipinski definition) is 19. The number of likely N-dealkylation sites (N-methyl/N-ethyl adjacent to an activating group) is 2. The zero-order chi connectivity index (χ0) is 55.0. The maximum Gasteiger partial charge on any atom is 0.311 e. The van der Waals surface area contributed by atoms with Gasteiger partial charge in [-0.3, -0.25) is 4.79 Å². The van der Waals surface area contributed by atoms with Crippen molar-refractivity contribution in [3.05, 3.63) is 41.7 Å². The molecular weight excluding hydrogens is 982 g/mol. The maximum absolute atomic E-state index is 14.8. The van der Waals surface area contributed by atoms with Gasteiger partial charge in [-0.1, -0.05) is 38.1 Å². The molecule has 424 valence electrons. The van der Waals surface area contributed by atoms with Crippen LogP contribution in [0.25, 0.3) is 0 Å². The van der Waals surface area contributed by atoms with Gasteiger partial charge in [-0.25, -0.2) is 9.07 Å². The van der Waals surface area contributed by atoms with Crippen molar-refractivity contribution in [1.82, 2.24) is 24.8 Å². The van der Waals surface area contributed by atoms with Gasteiger partial charge in [0.05, 0.1) is 53.8 Å². The lowest BCUT2D eigenvalue weighted by Gasteiger charge is -2.49. The van der Waals surface area contributed by atoms with E-state index in [9.17, 15) is 39.8 Å². The third-order valence-electron chi connectivity index (χ3n) is 16.1. The first-order valence-electron chi connectivity index (χ1n) is 26.4. The molecule has 74 heavy (non-hydrogen) atoms. The van der Waals surface area contributed by atoms with E-state index in [1.165, 1.54) is 37.6 Å². The van der Waals surface area contributed by atoms with Crippen LogP contribution in [0.2, 0.25) is 0 Å². The first-order chi connectivity index (χ1) is 34.8. The Hall–Kier alpha value is -2.45. The normalized spacial score (nSPS) is 39.3. The first kappa shape index (κ1) is 62.4. The Bertz CT molecular complexity index is 2030. The van der Waals surface area contributed by atoms with Gasteiger partial charge in [-0.05, 0) is 105 Å². The van der Waals surface area contributed by atoms with E-state index in [1.54, 1.807) is 54.7 Å². The fourth-order valence-corrected chi connectivity index (χ4v) is 12.1. The molecule has 19 nitrogen and oxygen atoms in total. The number of methoxy groups -OCH3 is 2. The summed E-state index contributed by atoms with van der Waals surface area (Å²) in [7, 11) is 6.73. The fourth-order valence-electron chi connectivity index (χ4n) is 11.4. The SMILES string of the molecule is CC[C@H]1OC(=O)[C@H](C)[C@@H](O[C@H]2C[C@@](C)(OC)[C@@H](O)[C@H](C)O2)[C@H](C)[C@@H](O[C@@H]2O[C@H](C)C[C@H](N(C)CCc3cn([C@H](CF)[C@H](OC)c4ccc(SCCO)cc4)nn3)[C@H]2O)[C@](C)(O)C[C@@H](C)CN(C)[C@H](C)[C@@H](O)[C@]1(C)O. The Morgan fingerprint density at radius 2 is 1.66 bits per heavy atom. The van der Waals surface area contributed by atoms with Crippen molar-refractivity contribution in [3.8, 4) is 0 Å². The smallest absolute Gasteiger partial charge is 0.311 e. The molecule has 4 heterocycles. The molecule has 3 aliphatic heterocycles. The number of aromatic nitrogens is 3. The highest BCUT2D eigenvalue weighted by molar-refractivity contribution is 7.99. The topological polar surface area (TPSA) is 240 Å². The van der Waals surface area contributed by atoms with Crippen LogP contribution < -0.4 is 0 Å². The number of nitrogens with zero attached hydrogens (tertiary/aromatic N) is 5. The summed E-state index contributed by atoms with van der Waals surface area (Å²) in [6, 6.07) is 5.72. The Kier molecular flexibility index (Phi) is 22.7. The second-order valence-electron chi connectivity index (χ2n) is 22.1. The molecular formula is C53H90FN5O14S. The van der Waals surface area contributed by atoms with Gasteiger partial charge in [-0.2, -0.15) is 0 Å². The maximum atomic E-state index is 14.8. The lowest BCUT2D eigenvalue weighted by Crippen LogP contribution is -2.61. The highest BCUT2D eigenvalue weighted by atomic mass is 32.2. The Balaban J connectivity index is 1.43. The molecule has 5 rings (SSSR count). The molecule has 1 aromatic heterocycles. The van der Waals surface area contributed by atoms with Gasteiger partial charge in [0, 0.05) is 75.0 Å². The van der Waals surface area contributed by atoms with Gasteiger partial charge in [0.2, 0.25) is 0 Å². The van der Waals surface area contributed by atoms with Crippen molar-refractivity contribution in [2.45, 2.75) is 209 Å². The minimum Gasteiger partial charge on any atom is -0.459 e. The molecule has 0 bridgehead atoms. The third kappa shape index (κ3) is 14.8. The van der Waals surface area contributed by atoms with Crippen LogP contribution in [-0.2, 0) is 44.4 Å². The van der Waals surface area contributed by atoms with Crippen LogP contribution in [0.15, 0.2) is 35.4 Å². The monoisotopic (exact) mass is 1070 g/mol. The predicted molar refractivity (Wildman–Crippen MR) is 276 cm³/mol. The fraction of sp³-hybridized carbons (Fsp3) is 0.830. The van der Waals surface area contributed by atoms with Crippen LogP contribution >= 0.6 is 11.8 Å². The van der Waals surface area contributed by atoms with E-state index < -0.39 is 127 Å². The number of hydrogen-bond donors (Lipinski definition) is 6. The van der Waals surface area contributed by atoms with Crippen LogP contribution in [0, 0.1) is 17.8 Å². The summed E-state index contributed by atoms with van der Waals surface area (Å²) < 4.78 is 60.4. The summed E-state index contributed by atoms with van der Waals surface area (Å²) >= 11 is 1.52. The number of aliphatic hydroxyl groups is 6. The largest absolute Gasteiger partial charge is 0.459 e. The van der Waals surface area contributed by atoms with Crippen LogP contribution in [0.1, 0.15) is 118 Å². The molecule has 3 aliphatic rings. The van der Waals surface area contributed by atoms with Crippen LogP contribution in [0.3, 0.4) is 0 Å². The second-order valence-corrected chi connectivity index (χ2v) is 23.3. The van der Waals surface area contributed by atoms with E-state index in [1.807, 2.05) is 62.0 Å². The lowest BCUT2D eigenvalue weighted by molar-refractivity contribution is -0.318. The molecule has 0 spiro atoms. The lowest BCUT2D eigenvalue weighted by atomic mass is 9.77. The Morgan fingerprint density at radius 3 is 2.27 bits per heavy atom. The molecule has 20 atom stereocenters. The van der Waals surface area contributed by atoms with E-state index in [0.29, 0.717) is 37.4 Å². The summed E-state index contributed by atoms with van der Waals surface area (Å²) in [5, 5.41) is 77.7. The quantitative estimate of drug-likeness (QED) is 0.0911. The minimum atomic E-state index is -1.85. The highest BCUT2D eigenvalue weighted by Gasteiger charge is 2.53. The summed E-state index contributed by atoms with van der Waals surface area (Å²) in [5.74, 6) is -2.32. The molecule has 0 unspecified atom stereocenters. The first-order valence-corrected chi connectivity index (χ1v) is 27.4. The molecule has 0 aliphatic carbocycles. The van der Waals surface area contributed by atoms with E-state index in [2.05, 4.69) is 10.3 Å². The Labute approximate surface area is 442 Å². The Morgan fingerprint density at radius 1 is 0.986 bits per heavy atom. The van der Waals surface area contributed by atoms with Gasteiger partial charge >= 0.3 is 5.97 Å². The number of carbonyl (C=O) groups is 1. The molecule has 3 fully saturated rings. The summed E-state index contributed by atoms with van der Waals surface area (Å²) in [6.07, 6.45) is -8.02. The number of ether oxygens (including phenoxy) is 7. The van der Waals surface area contributed by atoms with Gasteiger partial charge in [-0.15, -0.1) is 16.9 Å². The second kappa shape index (κ2) is 26.9. The summed E-state index contributed by atoms with van der Waals surface area (Å²) in [5.41, 5.74) is -3.22. The number of benzene rings is 1. The zero-order valence-corrected chi connectivity index (χ0v) is 47.1. The van der Waals surface area contributed by atoms with E-state index in [-0.39, 0.29) is 31.8 Å². The van der Waals surface area contributed by atoms with Gasteiger partial charge in [0.1, 0.15) is 48.8 Å². The minimum absolute atomic E-state index is 0.0629. The van der Waals surface area contributed by atoms with Crippen molar-refractivity contribution in [2.24, 2.45) is 17.8 Å². The van der Waals surface area contributed by atoms with E-state index >= 15 is 0 Å². The predicted octanol–water partition coefficient (Wildman–Crippen LogP) is 4.09. The van der Waals surface area contributed by atoms with Gasteiger partial charge in [0.25, 0.3) is 0 Å². The molecule has 2 aromatic rings. The number of halogens is 1. The number of alkyl halides is 1. The van der Waals surface area contributed by atoms with Gasteiger partial charge < -0.3 is 73.6 Å². The van der Waals surface area contributed by atoms with Crippen molar-refractivity contribution in [3.63, 3.8) is 0 Å². The highest BCUT2D eigenvalue weighted by Crippen LogP contribution is 2.41. The average molecular weight is 1070 g/mol. The number of carbonyl (C=O) groups excluding carboxylic acids is 1. The van der Waals surface area contributed by atoms with E-state index in [4.69, 9.17) is 33.2 Å². The molecule has 0 radical (unpaired) electrons. The summed E-state index contributed by atoms with van der Waals surface area (Å²) in [4.78, 5) is 19.4. The number of cyclic esters (lactones) is 1. The van der Waals surface area contributed by atoms with E-state index in [0.717, 1.165) is 10.5 Å². The molecule has 3 saturated heterocycles. The number of rotatable bonds is 18. The van der Waals surface area contributed by atoms with Crippen molar-refractivity contribution in [1.29, 1.82) is 0 Å². The average Bonchev–Trinajstić information content (AvgIpc) is 3.83. The summed E-state index contributed by atoms with van der Waals surface area (Å²) in [6.45, 7) is 17.5.